The van der Waals surface area contributed by atoms with Crippen molar-refractivity contribution in [1.29, 1.82) is 0 Å². The van der Waals surface area contributed by atoms with Crippen molar-refractivity contribution in [2.75, 3.05) is 26.2 Å². The smallest absolute Gasteiger partial charge is 0.289 e. The Hall–Kier alpha value is -2.01. The van der Waals surface area contributed by atoms with E-state index in [2.05, 4.69) is 34.8 Å². The van der Waals surface area contributed by atoms with Crippen LogP contribution in [0.4, 0.5) is 0 Å². The zero-order chi connectivity index (χ0) is 16.6. The molecular formula is C19H25N3O2. The summed E-state index contributed by atoms with van der Waals surface area (Å²) in [5.41, 5.74) is 1.68. The molecule has 2 aromatic heterocycles. The van der Waals surface area contributed by atoms with Crippen LogP contribution in [0.3, 0.4) is 0 Å². The van der Waals surface area contributed by atoms with E-state index in [4.69, 9.17) is 4.42 Å². The molecule has 0 radical (unpaired) electrons. The maximum atomic E-state index is 12.5. The molecule has 24 heavy (non-hydrogen) atoms. The molecule has 4 rings (SSSR count). The van der Waals surface area contributed by atoms with Gasteiger partial charge in [-0.25, -0.2) is 0 Å². The molecule has 0 aromatic carbocycles. The highest BCUT2D eigenvalue weighted by molar-refractivity contribution is 5.91. The molecule has 2 aliphatic heterocycles. The van der Waals surface area contributed by atoms with Gasteiger partial charge in [0.2, 0.25) is 0 Å². The Labute approximate surface area is 142 Å². The fraction of sp³-hybridized carbons (Fsp3) is 0.526. The third-order valence-electron chi connectivity index (χ3n) is 5.81. The largest absolute Gasteiger partial charge is 0.459 e. The lowest BCUT2D eigenvalue weighted by atomic mass is 9.78. The highest BCUT2D eigenvalue weighted by Gasteiger charge is 2.42. The van der Waals surface area contributed by atoms with Gasteiger partial charge in [0.25, 0.3) is 5.91 Å². The summed E-state index contributed by atoms with van der Waals surface area (Å²) in [7, 11) is 2.11. The van der Waals surface area contributed by atoms with Gasteiger partial charge in [-0.15, -0.1) is 0 Å². The molecule has 4 heterocycles. The first-order valence-corrected chi connectivity index (χ1v) is 8.81. The van der Waals surface area contributed by atoms with Gasteiger partial charge in [-0.1, -0.05) is 0 Å². The van der Waals surface area contributed by atoms with Crippen molar-refractivity contribution in [2.45, 2.75) is 25.8 Å². The first kappa shape index (κ1) is 15.5. The fourth-order valence-corrected chi connectivity index (χ4v) is 4.15. The van der Waals surface area contributed by atoms with E-state index in [-0.39, 0.29) is 5.91 Å². The minimum absolute atomic E-state index is 0.0446. The van der Waals surface area contributed by atoms with Crippen LogP contribution >= 0.6 is 0 Å². The molecule has 0 atom stereocenters. The Morgan fingerprint density at radius 3 is 2.62 bits per heavy atom. The summed E-state index contributed by atoms with van der Waals surface area (Å²) in [6.07, 6.45) is 7.16. The van der Waals surface area contributed by atoms with Crippen molar-refractivity contribution in [1.82, 2.24) is 14.4 Å². The number of aromatic nitrogens is 1. The summed E-state index contributed by atoms with van der Waals surface area (Å²) in [6.45, 7) is 5.00. The fourth-order valence-electron chi connectivity index (χ4n) is 4.15. The zero-order valence-corrected chi connectivity index (χ0v) is 14.3. The number of furan rings is 1. The van der Waals surface area contributed by atoms with Crippen molar-refractivity contribution < 1.29 is 9.21 Å². The highest BCUT2D eigenvalue weighted by Crippen LogP contribution is 2.41. The number of hydrogen-bond donors (Lipinski definition) is 0. The Kier molecular flexibility index (Phi) is 3.96. The predicted molar refractivity (Wildman–Crippen MR) is 91.6 cm³/mol. The van der Waals surface area contributed by atoms with Crippen LogP contribution in [0.25, 0.3) is 0 Å². The lowest BCUT2D eigenvalue weighted by molar-refractivity contribution is 0.0684. The molecule has 2 aliphatic rings. The lowest BCUT2D eigenvalue weighted by Gasteiger charge is -2.39. The molecule has 2 fully saturated rings. The van der Waals surface area contributed by atoms with Gasteiger partial charge < -0.3 is 13.9 Å². The topological polar surface area (TPSA) is 41.6 Å². The summed E-state index contributed by atoms with van der Waals surface area (Å²) < 4.78 is 7.47. The average Bonchev–Trinajstić information content (AvgIpc) is 3.32. The van der Waals surface area contributed by atoms with Crippen molar-refractivity contribution in [3.8, 4) is 0 Å². The van der Waals surface area contributed by atoms with Crippen molar-refractivity contribution >= 4 is 5.91 Å². The maximum Gasteiger partial charge on any atom is 0.289 e. The van der Waals surface area contributed by atoms with E-state index in [1.165, 1.54) is 18.5 Å². The second kappa shape index (κ2) is 6.13. The van der Waals surface area contributed by atoms with E-state index in [9.17, 15) is 4.79 Å². The Morgan fingerprint density at radius 1 is 1.17 bits per heavy atom. The number of likely N-dealkylation sites (tertiary alicyclic amines) is 2. The van der Waals surface area contributed by atoms with Crippen LogP contribution in [0.2, 0.25) is 0 Å². The van der Waals surface area contributed by atoms with E-state index in [0.29, 0.717) is 11.2 Å². The molecule has 0 saturated carbocycles. The lowest BCUT2D eigenvalue weighted by Crippen LogP contribution is -2.42. The molecule has 128 valence electrons. The molecular weight excluding hydrogens is 302 g/mol. The van der Waals surface area contributed by atoms with Crippen LogP contribution in [0.1, 0.15) is 35.5 Å². The molecule has 5 nitrogen and oxygen atoms in total. The minimum atomic E-state index is 0.0446. The van der Waals surface area contributed by atoms with Gasteiger partial charge in [-0.05, 0) is 62.0 Å². The summed E-state index contributed by atoms with van der Waals surface area (Å²) in [5, 5.41) is 0. The van der Waals surface area contributed by atoms with E-state index < -0.39 is 0 Å². The van der Waals surface area contributed by atoms with Crippen molar-refractivity contribution in [2.24, 2.45) is 12.5 Å². The van der Waals surface area contributed by atoms with Crippen LogP contribution in [0.15, 0.2) is 41.1 Å². The molecule has 0 aliphatic carbocycles. The quantitative estimate of drug-likeness (QED) is 0.870. The van der Waals surface area contributed by atoms with Crippen molar-refractivity contribution in [3.63, 3.8) is 0 Å². The zero-order valence-electron chi connectivity index (χ0n) is 14.3. The van der Waals surface area contributed by atoms with E-state index in [0.717, 1.165) is 39.1 Å². The number of aryl methyl sites for hydroxylation is 1. The number of hydrogen-bond acceptors (Lipinski definition) is 3. The molecule has 5 heteroatoms. The minimum Gasteiger partial charge on any atom is -0.459 e. The van der Waals surface area contributed by atoms with Gasteiger partial charge in [-0.2, -0.15) is 0 Å². The molecule has 1 amide bonds. The molecule has 1 spiro atoms. The van der Waals surface area contributed by atoms with Gasteiger partial charge in [0.05, 0.1) is 6.26 Å². The Morgan fingerprint density at radius 2 is 1.96 bits per heavy atom. The van der Waals surface area contributed by atoms with Crippen molar-refractivity contribution in [3.05, 3.63) is 48.2 Å². The second-order valence-corrected chi connectivity index (χ2v) is 7.34. The summed E-state index contributed by atoms with van der Waals surface area (Å²) >= 11 is 0. The number of piperidine rings is 1. The summed E-state index contributed by atoms with van der Waals surface area (Å²) in [6, 6.07) is 7.84. The number of carbonyl (C=O) groups excluding carboxylic acids is 1. The van der Waals surface area contributed by atoms with E-state index in [1.54, 1.807) is 18.4 Å². The normalized spacial score (nSPS) is 20.8. The number of nitrogens with zero attached hydrogens (tertiary/aromatic N) is 3. The van der Waals surface area contributed by atoms with Crippen LogP contribution in [-0.4, -0.2) is 46.5 Å². The van der Waals surface area contributed by atoms with Gasteiger partial charge in [0.1, 0.15) is 0 Å². The van der Waals surface area contributed by atoms with Gasteiger partial charge >= 0.3 is 0 Å². The number of carbonyl (C=O) groups is 1. The van der Waals surface area contributed by atoms with Crippen LogP contribution in [-0.2, 0) is 13.6 Å². The molecule has 0 N–H and O–H groups in total. The Bertz CT molecular complexity index is 696. The first-order chi connectivity index (χ1) is 11.7. The van der Waals surface area contributed by atoms with Gasteiger partial charge in [-0.3, -0.25) is 9.69 Å². The molecule has 2 aromatic rings. The van der Waals surface area contributed by atoms with Crippen LogP contribution < -0.4 is 0 Å². The van der Waals surface area contributed by atoms with Gasteiger partial charge in [0.15, 0.2) is 5.76 Å². The van der Waals surface area contributed by atoms with Crippen LogP contribution in [0.5, 0.6) is 0 Å². The van der Waals surface area contributed by atoms with E-state index in [1.807, 2.05) is 4.90 Å². The third-order valence-corrected chi connectivity index (χ3v) is 5.81. The summed E-state index contributed by atoms with van der Waals surface area (Å²) in [5.74, 6) is 0.510. The maximum absolute atomic E-state index is 12.5. The second-order valence-electron chi connectivity index (χ2n) is 7.34. The average molecular weight is 327 g/mol. The van der Waals surface area contributed by atoms with Crippen LogP contribution in [0, 0.1) is 5.41 Å². The van der Waals surface area contributed by atoms with Gasteiger partial charge in [0, 0.05) is 38.6 Å². The summed E-state index contributed by atoms with van der Waals surface area (Å²) in [4.78, 5) is 17.0. The Balaban J connectivity index is 1.34. The number of amides is 1. The SMILES string of the molecule is Cn1cccc1CN1CCC2(CC1)CCN(C(=O)c1ccco1)C2. The molecule has 0 bridgehead atoms. The highest BCUT2D eigenvalue weighted by atomic mass is 16.3. The standard InChI is InChI=1S/C19H25N3O2/c1-20-9-2-4-16(20)14-21-10-6-19(7-11-21)8-12-22(15-19)18(23)17-5-3-13-24-17/h2-5,9,13H,6-8,10-12,14-15H2,1H3. The molecule has 2 saturated heterocycles. The number of rotatable bonds is 3. The third kappa shape index (κ3) is 2.88. The molecule has 0 unspecified atom stereocenters. The van der Waals surface area contributed by atoms with E-state index >= 15 is 0 Å². The first-order valence-electron chi connectivity index (χ1n) is 8.81. The predicted octanol–water partition coefficient (Wildman–Crippen LogP) is 2.75. The monoisotopic (exact) mass is 327 g/mol.